The Morgan fingerprint density at radius 3 is 2.52 bits per heavy atom. The Balaban J connectivity index is 1.74. The number of imidazole rings is 1. The molecule has 0 unspecified atom stereocenters. The van der Waals surface area contributed by atoms with Crippen LogP contribution in [0.2, 0.25) is 0 Å². The minimum atomic E-state index is -4.53. The number of benzene rings is 1. The predicted octanol–water partition coefficient (Wildman–Crippen LogP) is 4.37. The van der Waals surface area contributed by atoms with Crippen molar-refractivity contribution in [3.63, 3.8) is 0 Å². The highest BCUT2D eigenvalue weighted by atomic mass is 19.4. The van der Waals surface area contributed by atoms with E-state index < -0.39 is 17.6 Å². The summed E-state index contributed by atoms with van der Waals surface area (Å²) in [6.07, 6.45) is -1.70. The zero-order chi connectivity index (χ0) is 20.6. The lowest BCUT2D eigenvalue weighted by molar-refractivity contribution is -0.137. The van der Waals surface area contributed by atoms with Gasteiger partial charge in [0, 0.05) is 11.3 Å². The van der Waals surface area contributed by atoms with Crippen LogP contribution in [0.3, 0.4) is 0 Å². The number of rotatable bonds is 3. The maximum absolute atomic E-state index is 13.3. The smallest absolute Gasteiger partial charge is 0.319 e. The van der Waals surface area contributed by atoms with Crippen molar-refractivity contribution in [1.29, 1.82) is 0 Å². The molecule has 146 valence electrons. The highest BCUT2D eigenvalue weighted by molar-refractivity contribution is 6.03. The first kappa shape index (κ1) is 18.6. The van der Waals surface area contributed by atoms with Crippen LogP contribution >= 0.6 is 0 Å². The summed E-state index contributed by atoms with van der Waals surface area (Å²) in [4.78, 5) is 20.8. The fraction of sp³-hybridized carbons (Fsp3) is 0.100. The average molecular weight is 397 g/mol. The molecule has 0 bridgehead atoms. The number of hydrogen-bond acceptors (Lipinski definition) is 4. The first-order valence-electron chi connectivity index (χ1n) is 8.58. The number of aryl methyl sites for hydroxylation is 1. The molecule has 0 spiro atoms. The van der Waals surface area contributed by atoms with Crippen LogP contribution < -0.4 is 5.32 Å². The molecule has 1 aromatic carbocycles. The molecule has 1 amide bonds. The van der Waals surface area contributed by atoms with Crippen LogP contribution in [0, 0.1) is 6.92 Å². The lowest BCUT2D eigenvalue weighted by Gasteiger charge is -2.12. The molecular formula is C20H14F3N5O. The van der Waals surface area contributed by atoms with Crippen LogP contribution in [0.5, 0.6) is 0 Å². The van der Waals surface area contributed by atoms with E-state index in [0.29, 0.717) is 11.3 Å². The van der Waals surface area contributed by atoms with E-state index >= 15 is 0 Å². The van der Waals surface area contributed by atoms with Gasteiger partial charge in [-0.15, -0.1) is 0 Å². The molecule has 9 heteroatoms. The van der Waals surface area contributed by atoms with Gasteiger partial charge in [0.25, 0.3) is 5.91 Å². The molecule has 3 heterocycles. The fourth-order valence-electron chi connectivity index (χ4n) is 2.86. The number of hydrogen-bond donors (Lipinski definition) is 1. The van der Waals surface area contributed by atoms with Crippen molar-refractivity contribution in [2.45, 2.75) is 13.1 Å². The predicted molar refractivity (Wildman–Crippen MR) is 100 cm³/mol. The van der Waals surface area contributed by atoms with Crippen molar-refractivity contribution in [1.82, 2.24) is 19.6 Å². The molecular weight excluding hydrogens is 383 g/mol. The molecule has 0 radical (unpaired) electrons. The van der Waals surface area contributed by atoms with Gasteiger partial charge < -0.3 is 5.32 Å². The van der Waals surface area contributed by atoms with Crippen LogP contribution in [0.1, 0.15) is 21.7 Å². The molecule has 4 rings (SSSR count). The van der Waals surface area contributed by atoms with Crippen molar-refractivity contribution in [2.75, 3.05) is 5.32 Å². The second kappa shape index (κ2) is 7.01. The van der Waals surface area contributed by atoms with Gasteiger partial charge in [-0.2, -0.15) is 18.3 Å². The van der Waals surface area contributed by atoms with E-state index in [1.807, 2.05) is 6.92 Å². The van der Waals surface area contributed by atoms with Crippen molar-refractivity contribution in [2.24, 2.45) is 0 Å². The number of pyridine rings is 1. The number of nitrogens with zero attached hydrogens (tertiary/aromatic N) is 4. The van der Waals surface area contributed by atoms with Gasteiger partial charge in [0.2, 0.25) is 0 Å². The second-order valence-electron chi connectivity index (χ2n) is 6.32. The first-order valence-corrected chi connectivity index (χ1v) is 8.58. The molecule has 0 saturated heterocycles. The number of aromatic nitrogens is 4. The average Bonchev–Trinajstić information content (AvgIpc) is 3.12. The van der Waals surface area contributed by atoms with E-state index in [0.717, 1.165) is 11.8 Å². The van der Waals surface area contributed by atoms with E-state index in [2.05, 4.69) is 20.4 Å². The van der Waals surface area contributed by atoms with Gasteiger partial charge in [0.15, 0.2) is 11.3 Å². The number of halogens is 3. The summed E-state index contributed by atoms with van der Waals surface area (Å²) >= 11 is 0. The molecule has 0 fully saturated rings. The third-order valence-corrected chi connectivity index (χ3v) is 4.27. The third kappa shape index (κ3) is 3.66. The topological polar surface area (TPSA) is 72.2 Å². The Hall–Kier alpha value is -3.75. The Morgan fingerprint density at radius 2 is 1.79 bits per heavy atom. The molecule has 29 heavy (non-hydrogen) atoms. The van der Waals surface area contributed by atoms with Crippen LogP contribution in [0.25, 0.3) is 16.9 Å². The van der Waals surface area contributed by atoms with Crippen molar-refractivity contribution >= 4 is 17.2 Å². The van der Waals surface area contributed by atoms with E-state index in [-0.39, 0.29) is 17.0 Å². The summed E-state index contributed by atoms with van der Waals surface area (Å²) in [5.74, 6) is -0.503. The number of carbonyl (C=O) groups is 1. The van der Waals surface area contributed by atoms with Crippen LogP contribution in [0.15, 0.2) is 60.9 Å². The van der Waals surface area contributed by atoms with E-state index in [4.69, 9.17) is 0 Å². The lowest BCUT2D eigenvalue weighted by atomic mass is 10.0. The SMILES string of the molecule is Cc1ccc(NC(=O)c2cnc3ccc(-c4ccccc4C(F)(F)F)nn23)cn1. The number of amides is 1. The zero-order valence-electron chi connectivity index (χ0n) is 15.1. The van der Waals surface area contributed by atoms with E-state index in [1.54, 1.807) is 12.1 Å². The maximum Gasteiger partial charge on any atom is 0.417 e. The van der Waals surface area contributed by atoms with Gasteiger partial charge in [-0.25, -0.2) is 9.50 Å². The Bertz CT molecular complexity index is 1200. The summed E-state index contributed by atoms with van der Waals surface area (Å²) in [6, 6.07) is 11.5. The minimum absolute atomic E-state index is 0.0782. The zero-order valence-corrected chi connectivity index (χ0v) is 15.1. The molecule has 3 aromatic heterocycles. The standard InChI is InChI=1S/C20H14F3N5O/c1-12-6-7-13(10-24-12)26-19(29)17-11-25-18-9-8-16(27-28(17)18)14-4-2-3-5-15(14)20(21,22)23/h2-11H,1H3,(H,26,29). The van der Waals surface area contributed by atoms with Gasteiger partial charge in [-0.05, 0) is 37.3 Å². The van der Waals surface area contributed by atoms with Gasteiger partial charge in [0.05, 0.1) is 29.3 Å². The molecule has 0 atom stereocenters. The van der Waals surface area contributed by atoms with Crippen LogP contribution in [0.4, 0.5) is 18.9 Å². The van der Waals surface area contributed by atoms with Gasteiger partial charge in [-0.3, -0.25) is 9.78 Å². The molecule has 0 aliphatic heterocycles. The van der Waals surface area contributed by atoms with Crippen LogP contribution in [-0.2, 0) is 6.18 Å². The monoisotopic (exact) mass is 397 g/mol. The fourth-order valence-corrected chi connectivity index (χ4v) is 2.86. The van der Waals surface area contributed by atoms with Crippen molar-refractivity contribution < 1.29 is 18.0 Å². The Kier molecular flexibility index (Phi) is 4.50. The van der Waals surface area contributed by atoms with Gasteiger partial charge in [-0.1, -0.05) is 18.2 Å². The summed E-state index contributed by atoms with van der Waals surface area (Å²) < 4.78 is 41.3. The molecule has 0 saturated carbocycles. The minimum Gasteiger partial charge on any atom is -0.319 e. The number of fused-ring (bicyclic) bond motifs is 1. The number of carbonyl (C=O) groups excluding carboxylic acids is 1. The molecule has 0 aliphatic rings. The summed E-state index contributed by atoms with van der Waals surface area (Å²) in [7, 11) is 0. The van der Waals surface area contributed by atoms with E-state index in [9.17, 15) is 18.0 Å². The second-order valence-corrected chi connectivity index (χ2v) is 6.32. The highest BCUT2D eigenvalue weighted by Gasteiger charge is 2.33. The quantitative estimate of drug-likeness (QED) is 0.557. The molecule has 1 N–H and O–H groups in total. The van der Waals surface area contributed by atoms with Crippen LogP contribution in [-0.4, -0.2) is 25.5 Å². The van der Waals surface area contributed by atoms with Gasteiger partial charge in [0.1, 0.15) is 0 Å². The maximum atomic E-state index is 13.3. The lowest BCUT2D eigenvalue weighted by Crippen LogP contribution is -2.16. The van der Waals surface area contributed by atoms with Gasteiger partial charge >= 0.3 is 6.18 Å². The third-order valence-electron chi connectivity index (χ3n) is 4.27. The molecule has 4 aromatic rings. The number of anilines is 1. The number of nitrogens with one attached hydrogen (secondary N) is 1. The number of alkyl halides is 3. The largest absolute Gasteiger partial charge is 0.417 e. The van der Waals surface area contributed by atoms with E-state index in [1.165, 1.54) is 47.2 Å². The first-order chi connectivity index (χ1) is 13.8. The summed E-state index contributed by atoms with van der Waals surface area (Å²) in [5, 5.41) is 6.91. The summed E-state index contributed by atoms with van der Waals surface area (Å²) in [5.41, 5.74) is 0.904. The molecule has 0 aliphatic carbocycles. The highest BCUT2D eigenvalue weighted by Crippen LogP contribution is 2.36. The Morgan fingerprint density at radius 1 is 1.00 bits per heavy atom. The van der Waals surface area contributed by atoms with Crippen molar-refractivity contribution in [3.8, 4) is 11.3 Å². The Labute approximate surface area is 163 Å². The normalized spacial score (nSPS) is 11.6. The summed E-state index contributed by atoms with van der Waals surface area (Å²) in [6.45, 7) is 1.82. The molecule has 6 nitrogen and oxygen atoms in total. The van der Waals surface area contributed by atoms with Crippen molar-refractivity contribution in [3.05, 3.63) is 77.9 Å².